The molecule has 0 aliphatic heterocycles. The molecule has 0 radical (unpaired) electrons. The van der Waals surface area contributed by atoms with Crippen molar-refractivity contribution in [2.24, 2.45) is 0 Å². The minimum Gasteiger partial charge on any atom is -0.421 e. The quantitative estimate of drug-likeness (QED) is 0.773. The largest absolute Gasteiger partial charge is 0.421 e. The van der Waals surface area contributed by atoms with Gasteiger partial charge in [0.1, 0.15) is 12.7 Å². The highest BCUT2D eigenvalue weighted by Crippen LogP contribution is 2.24. The van der Waals surface area contributed by atoms with Crippen molar-refractivity contribution < 1.29 is 9.13 Å². The Hall–Kier alpha value is -3.10. The van der Waals surface area contributed by atoms with Crippen LogP contribution >= 0.6 is 0 Å². The Balaban J connectivity index is 1.98. The van der Waals surface area contributed by atoms with E-state index in [9.17, 15) is 4.39 Å². The summed E-state index contributed by atoms with van der Waals surface area (Å²) in [6.45, 7) is 1.63. The molecule has 1 aromatic carbocycles. The second kappa shape index (κ2) is 5.12. The lowest BCUT2D eigenvalue weighted by atomic mass is 10.2. The molecule has 0 spiro atoms. The lowest BCUT2D eigenvalue weighted by Crippen LogP contribution is -2.08. The molecular weight excluding hydrogens is 277 g/mol. The minimum absolute atomic E-state index is 0.00476. The van der Waals surface area contributed by atoms with Crippen molar-refractivity contribution in [3.63, 3.8) is 0 Å². The van der Waals surface area contributed by atoms with Crippen LogP contribution in [-0.4, -0.2) is 29.7 Å². The zero-order chi connectivity index (χ0) is 14.8. The van der Waals surface area contributed by atoms with Gasteiger partial charge in [-0.2, -0.15) is 24.7 Å². The van der Waals surface area contributed by atoms with E-state index in [4.69, 9.17) is 10.5 Å². The van der Waals surface area contributed by atoms with Crippen LogP contribution in [0.2, 0.25) is 0 Å². The van der Waals surface area contributed by atoms with Crippen molar-refractivity contribution >= 4 is 5.95 Å². The molecule has 0 unspecified atom stereocenters. The standard InChI is InChI=1S/C12H10FN7O/c1-7-3-2-4-8(9(7)13)21-12-18-10(14)17-11(19-12)20-6-15-5-16-20/h2-6H,1H3,(H2,14,17,18,19). The van der Waals surface area contributed by atoms with Crippen LogP contribution in [0.1, 0.15) is 5.56 Å². The maximum Gasteiger partial charge on any atom is 0.328 e. The molecule has 21 heavy (non-hydrogen) atoms. The Labute approximate surface area is 118 Å². The van der Waals surface area contributed by atoms with Crippen LogP contribution in [0.4, 0.5) is 10.3 Å². The van der Waals surface area contributed by atoms with Gasteiger partial charge in [-0.15, -0.1) is 0 Å². The lowest BCUT2D eigenvalue weighted by molar-refractivity contribution is 0.407. The van der Waals surface area contributed by atoms with Crippen molar-refractivity contribution in [1.82, 2.24) is 29.7 Å². The molecule has 0 bridgehead atoms. The van der Waals surface area contributed by atoms with Gasteiger partial charge in [-0.25, -0.2) is 9.37 Å². The van der Waals surface area contributed by atoms with Gasteiger partial charge in [-0.3, -0.25) is 0 Å². The van der Waals surface area contributed by atoms with Gasteiger partial charge in [0.15, 0.2) is 11.6 Å². The smallest absolute Gasteiger partial charge is 0.328 e. The lowest BCUT2D eigenvalue weighted by Gasteiger charge is -2.07. The number of hydrogen-bond acceptors (Lipinski definition) is 7. The van der Waals surface area contributed by atoms with Crippen LogP contribution in [0.5, 0.6) is 11.8 Å². The second-order valence-electron chi connectivity index (χ2n) is 4.11. The first-order chi connectivity index (χ1) is 10.1. The first-order valence-corrected chi connectivity index (χ1v) is 5.93. The zero-order valence-electron chi connectivity index (χ0n) is 10.9. The molecule has 0 atom stereocenters. The zero-order valence-corrected chi connectivity index (χ0v) is 10.9. The number of benzene rings is 1. The maximum atomic E-state index is 13.9. The second-order valence-corrected chi connectivity index (χ2v) is 4.11. The van der Waals surface area contributed by atoms with Crippen LogP contribution in [0.15, 0.2) is 30.9 Å². The van der Waals surface area contributed by atoms with Crippen molar-refractivity contribution in [2.75, 3.05) is 5.73 Å². The van der Waals surface area contributed by atoms with Crippen molar-refractivity contribution in [2.45, 2.75) is 6.92 Å². The summed E-state index contributed by atoms with van der Waals surface area (Å²) in [6, 6.07) is 4.64. The first kappa shape index (κ1) is 12.9. The third-order valence-corrected chi connectivity index (χ3v) is 2.60. The van der Waals surface area contributed by atoms with Gasteiger partial charge in [-0.1, -0.05) is 12.1 Å². The normalized spacial score (nSPS) is 10.6. The van der Waals surface area contributed by atoms with Crippen LogP contribution in [-0.2, 0) is 0 Å². The fourth-order valence-corrected chi connectivity index (χ4v) is 1.62. The topological polar surface area (TPSA) is 105 Å². The summed E-state index contributed by atoms with van der Waals surface area (Å²) in [6.07, 6.45) is 2.71. The van der Waals surface area contributed by atoms with E-state index < -0.39 is 5.82 Å². The number of aryl methyl sites for hydroxylation is 1. The Morgan fingerprint density at radius 1 is 1.24 bits per heavy atom. The number of nitrogens with two attached hydrogens (primary N) is 1. The van der Waals surface area contributed by atoms with E-state index in [2.05, 4.69) is 25.0 Å². The van der Waals surface area contributed by atoms with Gasteiger partial charge < -0.3 is 10.5 Å². The number of halogens is 1. The fourth-order valence-electron chi connectivity index (χ4n) is 1.62. The summed E-state index contributed by atoms with van der Waals surface area (Å²) in [5.74, 6) is -0.425. The highest BCUT2D eigenvalue weighted by atomic mass is 19.1. The molecule has 2 heterocycles. The predicted octanol–water partition coefficient (Wildman–Crippen LogP) is 1.27. The van der Waals surface area contributed by atoms with Gasteiger partial charge in [0.2, 0.25) is 5.95 Å². The predicted molar refractivity (Wildman–Crippen MR) is 70.4 cm³/mol. The number of ether oxygens (including phenoxy) is 1. The van der Waals surface area contributed by atoms with Gasteiger partial charge in [0, 0.05) is 0 Å². The van der Waals surface area contributed by atoms with Crippen molar-refractivity contribution in [3.05, 3.63) is 42.2 Å². The molecule has 3 aromatic rings. The molecule has 8 nitrogen and oxygen atoms in total. The molecule has 0 aliphatic carbocycles. The molecule has 0 amide bonds. The Bertz CT molecular complexity index is 775. The molecule has 9 heteroatoms. The Kier molecular flexibility index (Phi) is 3.14. The molecule has 3 rings (SSSR count). The average molecular weight is 287 g/mol. The summed E-state index contributed by atoms with van der Waals surface area (Å²) in [4.78, 5) is 15.5. The van der Waals surface area contributed by atoms with E-state index in [1.54, 1.807) is 19.1 Å². The average Bonchev–Trinajstić information content (AvgIpc) is 2.97. The fraction of sp³-hybridized carbons (Fsp3) is 0.0833. The van der Waals surface area contributed by atoms with E-state index in [-0.39, 0.29) is 23.7 Å². The Morgan fingerprint density at radius 3 is 2.86 bits per heavy atom. The first-order valence-electron chi connectivity index (χ1n) is 5.93. The molecule has 0 fully saturated rings. The third-order valence-electron chi connectivity index (χ3n) is 2.60. The van der Waals surface area contributed by atoms with Crippen LogP contribution in [0, 0.1) is 12.7 Å². The van der Waals surface area contributed by atoms with Crippen LogP contribution in [0.25, 0.3) is 5.95 Å². The molecular formula is C12H10FN7O. The molecule has 106 valence electrons. The van der Waals surface area contributed by atoms with Gasteiger partial charge in [0.25, 0.3) is 5.95 Å². The molecule has 0 saturated carbocycles. The number of nitrogen functional groups attached to an aromatic ring is 1. The van der Waals surface area contributed by atoms with Crippen LogP contribution in [0.3, 0.4) is 0 Å². The van der Waals surface area contributed by atoms with Gasteiger partial charge in [-0.05, 0) is 18.6 Å². The SMILES string of the molecule is Cc1cccc(Oc2nc(N)nc(-n3cncn3)n2)c1F. The summed E-state index contributed by atoms with van der Waals surface area (Å²) >= 11 is 0. The highest BCUT2D eigenvalue weighted by Gasteiger charge is 2.12. The molecule has 0 aliphatic rings. The molecule has 2 aromatic heterocycles. The number of nitrogens with zero attached hydrogens (tertiary/aromatic N) is 6. The van der Waals surface area contributed by atoms with Crippen molar-refractivity contribution in [1.29, 1.82) is 0 Å². The highest BCUT2D eigenvalue weighted by molar-refractivity contribution is 5.33. The monoisotopic (exact) mass is 287 g/mol. The van der Waals surface area contributed by atoms with E-state index in [1.807, 2.05) is 0 Å². The third kappa shape index (κ3) is 2.61. The van der Waals surface area contributed by atoms with E-state index in [0.29, 0.717) is 5.56 Å². The summed E-state index contributed by atoms with van der Waals surface area (Å²) in [5, 5.41) is 3.88. The van der Waals surface area contributed by atoms with Gasteiger partial charge in [0.05, 0.1) is 0 Å². The van der Waals surface area contributed by atoms with E-state index in [0.717, 1.165) is 0 Å². The van der Waals surface area contributed by atoms with E-state index >= 15 is 0 Å². The number of aromatic nitrogens is 6. The summed E-state index contributed by atoms with van der Waals surface area (Å²) in [7, 11) is 0. The van der Waals surface area contributed by atoms with E-state index in [1.165, 1.54) is 23.4 Å². The number of rotatable bonds is 3. The van der Waals surface area contributed by atoms with Crippen LogP contribution < -0.4 is 10.5 Å². The minimum atomic E-state index is -0.487. The Morgan fingerprint density at radius 2 is 2.10 bits per heavy atom. The summed E-state index contributed by atoms with van der Waals surface area (Å²) < 4.78 is 20.5. The molecule has 2 N–H and O–H groups in total. The van der Waals surface area contributed by atoms with Crippen molar-refractivity contribution in [3.8, 4) is 17.7 Å². The van der Waals surface area contributed by atoms with Gasteiger partial charge >= 0.3 is 6.01 Å². The molecule has 0 saturated heterocycles. The number of hydrogen-bond donors (Lipinski definition) is 1. The number of anilines is 1. The summed E-state index contributed by atoms with van der Waals surface area (Å²) in [5.41, 5.74) is 6.04. The maximum absolute atomic E-state index is 13.9.